The summed E-state index contributed by atoms with van der Waals surface area (Å²) in [6.07, 6.45) is 3.48. The van der Waals surface area contributed by atoms with Crippen molar-refractivity contribution in [2.75, 3.05) is 33.3 Å². The van der Waals surface area contributed by atoms with Gasteiger partial charge in [-0.05, 0) is 58.5 Å². The van der Waals surface area contributed by atoms with Gasteiger partial charge >= 0.3 is 0 Å². The molecule has 2 atom stereocenters. The van der Waals surface area contributed by atoms with Crippen LogP contribution >= 0.6 is 0 Å². The van der Waals surface area contributed by atoms with Gasteiger partial charge in [0.15, 0.2) is 0 Å². The van der Waals surface area contributed by atoms with Crippen molar-refractivity contribution >= 4 is 0 Å². The number of likely N-dealkylation sites (N-methyl/N-ethyl adjacent to an activating group) is 1. The van der Waals surface area contributed by atoms with Crippen LogP contribution < -0.4 is 0 Å². The molecule has 112 valence electrons. The van der Waals surface area contributed by atoms with Crippen molar-refractivity contribution in [3.05, 3.63) is 23.7 Å². The van der Waals surface area contributed by atoms with Gasteiger partial charge < -0.3 is 14.4 Å². The summed E-state index contributed by atoms with van der Waals surface area (Å²) in [6, 6.07) is 4.59. The Kier molecular flexibility index (Phi) is 3.89. The van der Waals surface area contributed by atoms with E-state index in [1.54, 1.807) is 0 Å². The van der Waals surface area contributed by atoms with E-state index < -0.39 is 0 Å². The van der Waals surface area contributed by atoms with Gasteiger partial charge in [-0.15, -0.1) is 0 Å². The summed E-state index contributed by atoms with van der Waals surface area (Å²) in [7, 11) is 2.20. The molecule has 0 spiro atoms. The Bertz CT molecular complexity index is 459. The molecule has 0 aliphatic carbocycles. The first-order valence-electron chi connectivity index (χ1n) is 7.72. The van der Waals surface area contributed by atoms with E-state index in [1.165, 1.54) is 12.8 Å². The standard InChI is InChI=1S/C16H26N2O2/c1-13-4-5-14(20-13)10-18-9-7-16(12-19)6-3-8-17(2)15(16)11-18/h4-5,15,19H,3,6-12H2,1-2H3/t15-,16-/m1/s1. The van der Waals surface area contributed by atoms with E-state index in [2.05, 4.69) is 22.9 Å². The van der Waals surface area contributed by atoms with Crippen molar-refractivity contribution in [2.24, 2.45) is 5.41 Å². The Morgan fingerprint density at radius 3 is 2.90 bits per heavy atom. The van der Waals surface area contributed by atoms with Gasteiger partial charge in [0.05, 0.1) is 13.2 Å². The number of aliphatic hydroxyl groups is 1. The highest BCUT2D eigenvalue weighted by molar-refractivity contribution is 5.07. The smallest absolute Gasteiger partial charge is 0.118 e. The first kappa shape index (κ1) is 14.1. The molecule has 0 bridgehead atoms. The quantitative estimate of drug-likeness (QED) is 0.916. The van der Waals surface area contributed by atoms with Crippen molar-refractivity contribution in [2.45, 2.75) is 38.8 Å². The van der Waals surface area contributed by atoms with Crippen molar-refractivity contribution in [3.63, 3.8) is 0 Å². The fraction of sp³-hybridized carbons (Fsp3) is 0.750. The summed E-state index contributed by atoms with van der Waals surface area (Å²) < 4.78 is 5.70. The molecular weight excluding hydrogens is 252 g/mol. The van der Waals surface area contributed by atoms with Crippen LogP contribution in [-0.4, -0.2) is 54.2 Å². The van der Waals surface area contributed by atoms with E-state index in [-0.39, 0.29) is 5.41 Å². The second-order valence-electron chi connectivity index (χ2n) is 6.62. The van der Waals surface area contributed by atoms with Gasteiger partial charge in [0, 0.05) is 18.0 Å². The second-order valence-corrected chi connectivity index (χ2v) is 6.62. The average Bonchev–Trinajstić information content (AvgIpc) is 2.85. The minimum atomic E-state index is 0.128. The normalized spacial score (nSPS) is 32.2. The first-order chi connectivity index (χ1) is 9.63. The van der Waals surface area contributed by atoms with Gasteiger partial charge in [-0.3, -0.25) is 4.90 Å². The van der Waals surface area contributed by atoms with Crippen LogP contribution in [0.15, 0.2) is 16.5 Å². The minimum absolute atomic E-state index is 0.128. The zero-order chi connectivity index (χ0) is 14.2. The zero-order valence-electron chi connectivity index (χ0n) is 12.6. The third kappa shape index (κ3) is 2.52. The number of likely N-dealkylation sites (tertiary alicyclic amines) is 2. The topological polar surface area (TPSA) is 39.9 Å². The predicted molar refractivity (Wildman–Crippen MR) is 78.5 cm³/mol. The summed E-state index contributed by atoms with van der Waals surface area (Å²) in [4.78, 5) is 4.91. The van der Waals surface area contributed by atoms with Crippen LogP contribution in [0.1, 0.15) is 30.8 Å². The Morgan fingerprint density at radius 2 is 2.20 bits per heavy atom. The maximum Gasteiger partial charge on any atom is 0.118 e. The molecule has 3 rings (SSSR count). The second kappa shape index (κ2) is 5.51. The molecule has 0 radical (unpaired) electrons. The summed E-state index contributed by atoms with van der Waals surface area (Å²) in [5.41, 5.74) is 0.128. The first-order valence-corrected chi connectivity index (χ1v) is 7.72. The molecule has 2 saturated heterocycles. The molecule has 1 N–H and O–H groups in total. The highest BCUT2D eigenvalue weighted by Crippen LogP contribution is 2.41. The fourth-order valence-electron chi connectivity index (χ4n) is 4.01. The molecule has 3 heterocycles. The summed E-state index contributed by atoms with van der Waals surface area (Å²) in [6.45, 7) is 6.46. The van der Waals surface area contributed by atoms with E-state index >= 15 is 0 Å². The predicted octanol–water partition coefficient (Wildman–Crippen LogP) is 1.87. The van der Waals surface area contributed by atoms with Gasteiger partial charge in [0.1, 0.15) is 11.5 Å². The lowest BCUT2D eigenvalue weighted by molar-refractivity contribution is -0.0694. The molecule has 0 saturated carbocycles. The van der Waals surface area contributed by atoms with E-state index in [0.717, 1.165) is 44.1 Å². The Balaban J connectivity index is 1.69. The maximum absolute atomic E-state index is 9.91. The Labute approximate surface area is 121 Å². The molecule has 1 aromatic rings. The lowest BCUT2D eigenvalue weighted by Crippen LogP contribution is -2.61. The molecule has 0 amide bonds. The summed E-state index contributed by atoms with van der Waals surface area (Å²) in [5.74, 6) is 2.04. The Morgan fingerprint density at radius 1 is 1.35 bits per heavy atom. The molecule has 2 aliphatic heterocycles. The number of rotatable bonds is 3. The molecule has 1 aromatic heterocycles. The molecule has 4 heteroatoms. The summed E-state index contributed by atoms with van der Waals surface area (Å²) >= 11 is 0. The van der Waals surface area contributed by atoms with Crippen LogP contribution in [0.5, 0.6) is 0 Å². The van der Waals surface area contributed by atoms with Crippen LogP contribution in [0.25, 0.3) is 0 Å². The van der Waals surface area contributed by atoms with E-state index in [1.807, 2.05) is 13.0 Å². The molecule has 2 aliphatic rings. The lowest BCUT2D eigenvalue weighted by atomic mass is 9.69. The van der Waals surface area contributed by atoms with Gasteiger partial charge in [-0.25, -0.2) is 0 Å². The van der Waals surface area contributed by atoms with Crippen LogP contribution in [-0.2, 0) is 6.54 Å². The SMILES string of the molecule is Cc1ccc(CN2CC[C@@]3(CO)CCCN(C)[C@@H]3C2)o1. The number of aryl methyl sites for hydroxylation is 1. The molecular formula is C16H26N2O2. The van der Waals surface area contributed by atoms with Crippen LogP contribution in [0.2, 0.25) is 0 Å². The van der Waals surface area contributed by atoms with E-state index in [0.29, 0.717) is 12.6 Å². The van der Waals surface area contributed by atoms with E-state index in [4.69, 9.17) is 4.42 Å². The largest absolute Gasteiger partial charge is 0.465 e. The van der Waals surface area contributed by atoms with Crippen LogP contribution in [0.3, 0.4) is 0 Å². The number of furan rings is 1. The number of nitrogens with zero attached hydrogens (tertiary/aromatic N) is 2. The zero-order valence-corrected chi connectivity index (χ0v) is 12.6. The molecule has 0 aromatic carbocycles. The van der Waals surface area contributed by atoms with Gasteiger partial charge in [-0.2, -0.15) is 0 Å². The highest BCUT2D eigenvalue weighted by atomic mass is 16.3. The number of hydrogen-bond acceptors (Lipinski definition) is 4. The fourth-order valence-corrected chi connectivity index (χ4v) is 4.01. The van der Waals surface area contributed by atoms with Crippen molar-refractivity contribution in [1.29, 1.82) is 0 Å². The third-order valence-corrected chi connectivity index (χ3v) is 5.27. The number of piperidine rings is 2. The molecule has 4 nitrogen and oxygen atoms in total. The third-order valence-electron chi connectivity index (χ3n) is 5.27. The highest BCUT2D eigenvalue weighted by Gasteiger charge is 2.46. The maximum atomic E-state index is 9.91. The molecule has 20 heavy (non-hydrogen) atoms. The Hall–Kier alpha value is -0.840. The number of fused-ring (bicyclic) bond motifs is 1. The van der Waals surface area contributed by atoms with Gasteiger partial charge in [-0.1, -0.05) is 0 Å². The monoisotopic (exact) mass is 278 g/mol. The molecule has 0 unspecified atom stereocenters. The minimum Gasteiger partial charge on any atom is -0.465 e. The molecule has 2 fully saturated rings. The van der Waals surface area contributed by atoms with Gasteiger partial charge in [0.25, 0.3) is 0 Å². The van der Waals surface area contributed by atoms with E-state index in [9.17, 15) is 5.11 Å². The van der Waals surface area contributed by atoms with Gasteiger partial charge in [0.2, 0.25) is 0 Å². The number of aliphatic hydroxyl groups excluding tert-OH is 1. The van der Waals surface area contributed by atoms with Crippen molar-refractivity contribution < 1.29 is 9.52 Å². The van der Waals surface area contributed by atoms with Crippen LogP contribution in [0.4, 0.5) is 0 Å². The lowest BCUT2D eigenvalue weighted by Gasteiger charge is -2.53. The summed E-state index contributed by atoms with van der Waals surface area (Å²) in [5, 5.41) is 9.91. The number of hydrogen-bond donors (Lipinski definition) is 1. The van der Waals surface area contributed by atoms with Crippen molar-refractivity contribution in [3.8, 4) is 0 Å². The van der Waals surface area contributed by atoms with Crippen LogP contribution in [0, 0.1) is 12.3 Å². The average molecular weight is 278 g/mol. The van der Waals surface area contributed by atoms with Crippen molar-refractivity contribution in [1.82, 2.24) is 9.80 Å².